The summed E-state index contributed by atoms with van der Waals surface area (Å²) < 4.78 is 23.0. The molecule has 0 bridgehead atoms. The number of nitrogens with zero attached hydrogens (tertiary/aromatic N) is 1. The monoisotopic (exact) mass is 344 g/mol. The number of aliphatic hydroxyl groups is 1. The molecule has 10 heteroatoms. The van der Waals surface area contributed by atoms with Gasteiger partial charge in [0.2, 0.25) is 0 Å². The first-order valence-corrected chi connectivity index (χ1v) is 8.81. The fraction of sp³-hybridized carbons (Fsp3) is 0.538. The van der Waals surface area contributed by atoms with Crippen LogP contribution in [-0.4, -0.2) is 45.0 Å². The average Bonchev–Trinajstić information content (AvgIpc) is 2.82. The molecular weight excluding hydrogens is 327 g/mol. The molecule has 9 nitrogen and oxygen atoms in total. The molecule has 2 unspecified atom stereocenters. The normalized spacial score (nSPS) is 26.3. The van der Waals surface area contributed by atoms with Gasteiger partial charge in [0.05, 0.1) is 12.7 Å². The lowest BCUT2D eigenvalue weighted by molar-refractivity contribution is -0.0430. The van der Waals surface area contributed by atoms with Crippen LogP contribution >= 0.6 is 7.60 Å². The molecule has 1 aliphatic rings. The van der Waals surface area contributed by atoms with Crippen LogP contribution in [0.3, 0.4) is 0 Å². The lowest BCUT2D eigenvalue weighted by atomic mass is 10.2. The third kappa shape index (κ3) is 4.19. The minimum Gasteiger partial charge on any atom is -0.394 e. The molecule has 1 fully saturated rings. The van der Waals surface area contributed by atoms with Crippen LogP contribution in [0.1, 0.15) is 25.1 Å². The summed E-state index contributed by atoms with van der Waals surface area (Å²) in [6.45, 7) is 2.13. The van der Waals surface area contributed by atoms with Crippen molar-refractivity contribution >= 4 is 7.60 Å². The van der Waals surface area contributed by atoms with Crippen molar-refractivity contribution in [2.75, 3.05) is 13.3 Å². The number of ether oxygens (including phenoxy) is 1. The zero-order valence-corrected chi connectivity index (χ0v) is 13.4. The van der Waals surface area contributed by atoms with E-state index < -0.39 is 43.9 Å². The van der Waals surface area contributed by atoms with Crippen molar-refractivity contribution in [1.29, 1.82) is 0 Å². The Bertz CT molecular complexity index is 797. The third-order valence-corrected chi connectivity index (χ3v) is 3.89. The van der Waals surface area contributed by atoms with Gasteiger partial charge in [-0.1, -0.05) is 5.92 Å². The molecule has 0 radical (unpaired) electrons. The van der Waals surface area contributed by atoms with Crippen LogP contribution in [0.15, 0.2) is 15.8 Å². The summed E-state index contributed by atoms with van der Waals surface area (Å²) in [4.78, 5) is 35.0. The van der Waals surface area contributed by atoms with Gasteiger partial charge >= 0.3 is 13.3 Å². The Balaban J connectivity index is 2.34. The highest BCUT2D eigenvalue weighted by molar-refractivity contribution is 7.51. The Morgan fingerprint density at radius 1 is 1.57 bits per heavy atom. The van der Waals surface area contributed by atoms with Gasteiger partial charge in [-0.2, -0.15) is 0 Å². The van der Waals surface area contributed by atoms with Crippen molar-refractivity contribution in [2.24, 2.45) is 0 Å². The summed E-state index contributed by atoms with van der Waals surface area (Å²) in [5.41, 5.74) is -1.23. The lowest BCUT2D eigenvalue weighted by Gasteiger charge is -2.17. The zero-order valence-electron chi connectivity index (χ0n) is 12.6. The molecule has 1 aromatic heterocycles. The highest BCUT2D eigenvalue weighted by Crippen LogP contribution is 2.43. The van der Waals surface area contributed by atoms with Gasteiger partial charge in [-0.25, -0.2) is 4.79 Å². The first-order valence-electron chi connectivity index (χ1n) is 6.78. The van der Waals surface area contributed by atoms with E-state index >= 15 is 0 Å². The average molecular weight is 344 g/mol. The minimum absolute atomic E-state index is 0.0640. The number of aromatic amines is 1. The molecule has 0 spiro atoms. The van der Waals surface area contributed by atoms with Gasteiger partial charge in [0.25, 0.3) is 5.56 Å². The van der Waals surface area contributed by atoms with Crippen LogP contribution in [0.25, 0.3) is 0 Å². The van der Waals surface area contributed by atoms with Gasteiger partial charge < -0.3 is 19.3 Å². The van der Waals surface area contributed by atoms with Crippen molar-refractivity contribution in [3.05, 3.63) is 32.6 Å². The molecular formula is C13H17N2O7P. The Hall–Kier alpha value is -1.69. The molecule has 4 atom stereocenters. The van der Waals surface area contributed by atoms with Crippen molar-refractivity contribution in [2.45, 2.75) is 31.8 Å². The fourth-order valence-electron chi connectivity index (χ4n) is 2.32. The molecule has 0 aromatic carbocycles. The minimum atomic E-state index is -3.78. The number of hydrogen-bond donors (Lipinski definition) is 3. The van der Waals surface area contributed by atoms with E-state index in [1.165, 1.54) is 6.20 Å². The van der Waals surface area contributed by atoms with Crippen molar-refractivity contribution in [1.82, 2.24) is 9.55 Å². The summed E-state index contributed by atoms with van der Waals surface area (Å²) in [5, 5.41) is 9.31. The predicted octanol–water partition coefficient (Wildman–Crippen LogP) is -0.612. The smallest absolute Gasteiger partial charge is 0.330 e. The molecule has 2 rings (SSSR count). The molecule has 126 valence electrons. The van der Waals surface area contributed by atoms with Crippen LogP contribution in [0.2, 0.25) is 0 Å². The molecule has 0 saturated carbocycles. The van der Waals surface area contributed by atoms with E-state index in [1.54, 1.807) is 6.92 Å². The summed E-state index contributed by atoms with van der Waals surface area (Å²) >= 11 is 0. The Morgan fingerprint density at radius 2 is 2.26 bits per heavy atom. The second-order valence-corrected chi connectivity index (χ2v) is 6.90. The highest BCUT2D eigenvalue weighted by Gasteiger charge is 2.39. The Morgan fingerprint density at radius 3 is 2.83 bits per heavy atom. The second kappa shape index (κ2) is 6.83. The summed E-state index contributed by atoms with van der Waals surface area (Å²) in [5.74, 6) is 5.13. The molecule has 0 aliphatic carbocycles. The standard InChI is InChI=1S/C13H17N2O7P/c1-3-4-8-6-15(13(18)14-12(8)17)11-5-9(10(7-16)21-11)22-23(2,19)20/h6,9-11,16H,5,7H2,1-2H3,(H,19,20)(H,14,17,18)/t9-,10?,11-/m1/s1. The van der Waals surface area contributed by atoms with Gasteiger partial charge in [-0.3, -0.25) is 18.9 Å². The number of aliphatic hydroxyl groups excluding tert-OH is 1. The van der Waals surface area contributed by atoms with Gasteiger partial charge in [0.15, 0.2) is 0 Å². The van der Waals surface area contributed by atoms with Gasteiger partial charge in [-0.05, 0) is 6.92 Å². The molecule has 0 amide bonds. The van der Waals surface area contributed by atoms with E-state index in [1.807, 2.05) is 0 Å². The van der Waals surface area contributed by atoms with E-state index in [4.69, 9.17) is 9.26 Å². The maximum Gasteiger partial charge on any atom is 0.330 e. The van der Waals surface area contributed by atoms with Crippen LogP contribution in [-0.2, 0) is 13.8 Å². The number of hydrogen-bond acceptors (Lipinski definition) is 6. The topological polar surface area (TPSA) is 131 Å². The first kappa shape index (κ1) is 17.7. The third-order valence-electron chi connectivity index (χ3n) is 3.23. The second-order valence-electron chi connectivity index (χ2n) is 5.08. The number of H-pyrrole nitrogens is 1. The van der Waals surface area contributed by atoms with E-state index in [0.29, 0.717) is 0 Å². The maximum absolute atomic E-state index is 11.9. The molecule has 1 saturated heterocycles. The first-order chi connectivity index (χ1) is 10.7. The molecule has 1 aromatic rings. The summed E-state index contributed by atoms with van der Waals surface area (Å²) in [6, 6.07) is 0. The van der Waals surface area contributed by atoms with Gasteiger partial charge in [0.1, 0.15) is 17.9 Å². The fourth-order valence-corrected chi connectivity index (χ4v) is 3.04. The van der Waals surface area contributed by atoms with Crippen molar-refractivity contribution in [3.8, 4) is 11.8 Å². The highest BCUT2D eigenvalue weighted by atomic mass is 31.2. The van der Waals surface area contributed by atoms with Crippen LogP contribution in [0.5, 0.6) is 0 Å². The Labute approximate surface area is 131 Å². The number of nitrogens with one attached hydrogen (secondary N) is 1. The van der Waals surface area contributed by atoms with E-state index in [2.05, 4.69) is 16.8 Å². The van der Waals surface area contributed by atoms with Gasteiger partial charge in [-0.15, -0.1) is 5.92 Å². The number of rotatable bonds is 4. The van der Waals surface area contributed by atoms with Crippen molar-refractivity contribution < 1.29 is 23.8 Å². The zero-order chi connectivity index (χ0) is 17.2. The Kier molecular flexibility index (Phi) is 5.24. The van der Waals surface area contributed by atoms with Crippen LogP contribution in [0, 0.1) is 11.8 Å². The predicted molar refractivity (Wildman–Crippen MR) is 80.1 cm³/mol. The summed E-state index contributed by atoms with van der Waals surface area (Å²) in [6.07, 6.45) is -1.26. The molecule has 23 heavy (non-hydrogen) atoms. The SMILES string of the molecule is CC#Cc1cn([C@H]2C[C@@H](OP(C)(=O)O)C(CO)O2)c(=O)[nH]c1=O. The lowest BCUT2D eigenvalue weighted by Crippen LogP contribution is -2.33. The van der Waals surface area contributed by atoms with E-state index in [9.17, 15) is 24.2 Å². The number of aromatic nitrogens is 2. The van der Waals surface area contributed by atoms with Gasteiger partial charge in [0, 0.05) is 19.3 Å². The van der Waals surface area contributed by atoms with Crippen molar-refractivity contribution in [3.63, 3.8) is 0 Å². The van der Waals surface area contributed by atoms with Crippen LogP contribution < -0.4 is 11.2 Å². The van der Waals surface area contributed by atoms with E-state index in [0.717, 1.165) is 11.2 Å². The largest absolute Gasteiger partial charge is 0.394 e. The molecule has 2 heterocycles. The van der Waals surface area contributed by atoms with E-state index in [-0.39, 0.29) is 12.0 Å². The van der Waals surface area contributed by atoms with Crippen LogP contribution in [0.4, 0.5) is 0 Å². The maximum atomic E-state index is 11.9. The summed E-state index contributed by atoms with van der Waals surface area (Å²) in [7, 11) is -3.78. The molecule has 3 N–H and O–H groups in total. The quantitative estimate of drug-likeness (QED) is 0.490. The molecule has 1 aliphatic heterocycles.